The van der Waals surface area contributed by atoms with Gasteiger partial charge in [-0.05, 0) is 74.1 Å². The average Bonchev–Trinajstić information content (AvgIpc) is 2.75. The first-order chi connectivity index (χ1) is 14.9. The molecule has 0 radical (unpaired) electrons. The number of aryl methyl sites for hydroxylation is 1. The van der Waals surface area contributed by atoms with E-state index in [9.17, 15) is 9.59 Å². The Bertz CT molecular complexity index is 908. The normalized spacial score (nSPS) is 10.2. The Morgan fingerprint density at radius 3 is 2.45 bits per heavy atom. The number of hydrazine groups is 1. The Morgan fingerprint density at radius 2 is 1.77 bits per heavy atom. The Hall–Kier alpha value is -2.88. The number of amides is 2. The zero-order valence-corrected chi connectivity index (χ0v) is 18.8. The third-order valence-electron chi connectivity index (χ3n) is 3.86. The van der Waals surface area contributed by atoms with Gasteiger partial charge >= 0.3 is 0 Å². The van der Waals surface area contributed by atoms with E-state index >= 15 is 0 Å². The molecule has 0 aliphatic carbocycles. The van der Waals surface area contributed by atoms with Crippen LogP contribution in [0.2, 0.25) is 5.02 Å². The molecule has 2 aromatic rings. The van der Waals surface area contributed by atoms with E-state index in [0.29, 0.717) is 41.9 Å². The van der Waals surface area contributed by atoms with Crippen LogP contribution in [0, 0.1) is 6.92 Å². The molecule has 166 valence electrons. The van der Waals surface area contributed by atoms with Crippen molar-refractivity contribution in [3.63, 3.8) is 0 Å². The molecule has 31 heavy (non-hydrogen) atoms. The standard InChI is InChI=1S/C21H24ClN3O5S/c1-3-28-10-11-29-17-7-4-15(5-8-17)20(27)23-21(31)25-24-19(26)13-30-18-9-6-16(22)12-14(18)2/h4-9,12H,3,10-11,13H2,1-2H3,(H,24,26)(H2,23,25,27,31). The first-order valence-electron chi connectivity index (χ1n) is 9.48. The van der Waals surface area contributed by atoms with E-state index in [-0.39, 0.29) is 11.7 Å². The van der Waals surface area contributed by atoms with Crippen molar-refractivity contribution in [2.75, 3.05) is 26.4 Å². The molecule has 10 heteroatoms. The second-order valence-corrected chi connectivity index (χ2v) is 7.07. The molecule has 0 saturated carbocycles. The number of carbonyl (C=O) groups is 2. The number of ether oxygens (including phenoxy) is 3. The molecule has 2 rings (SSSR count). The van der Waals surface area contributed by atoms with Crippen LogP contribution in [-0.4, -0.2) is 43.4 Å². The molecule has 0 aliphatic rings. The Balaban J connectivity index is 1.71. The van der Waals surface area contributed by atoms with Crippen molar-refractivity contribution in [2.45, 2.75) is 13.8 Å². The summed E-state index contributed by atoms with van der Waals surface area (Å²) in [7, 11) is 0. The third kappa shape index (κ3) is 8.79. The fourth-order valence-corrected chi connectivity index (χ4v) is 2.72. The van der Waals surface area contributed by atoms with Crippen LogP contribution in [0.15, 0.2) is 42.5 Å². The van der Waals surface area contributed by atoms with Crippen molar-refractivity contribution in [3.8, 4) is 11.5 Å². The fourth-order valence-electron chi connectivity index (χ4n) is 2.35. The monoisotopic (exact) mass is 465 g/mol. The highest BCUT2D eigenvalue weighted by atomic mass is 35.5. The van der Waals surface area contributed by atoms with E-state index in [4.69, 9.17) is 38.0 Å². The summed E-state index contributed by atoms with van der Waals surface area (Å²) in [4.78, 5) is 24.1. The minimum absolute atomic E-state index is 0.0573. The summed E-state index contributed by atoms with van der Waals surface area (Å²) >= 11 is 10.9. The summed E-state index contributed by atoms with van der Waals surface area (Å²) in [6.45, 7) is 5.04. The molecule has 0 unspecified atom stereocenters. The lowest BCUT2D eigenvalue weighted by atomic mass is 10.2. The van der Waals surface area contributed by atoms with E-state index in [0.717, 1.165) is 5.56 Å². The van der Waals surface area contributed by atoms with Crippen LogP contribution in [0.1, 0.15) is 22.8 Å². The largest absolute Gasteiger partial charge is 0.491 e. The van der Waals surface area contributed by atoms with Gasteiger partial charge in [0.2, 0.25) is 0 Å². The van der Waals surface area contributed by atoms with Crippen LogP contribution >= 0.6 is 23.8 Å². The number of nitrogens with one attached hydrogen (secondary N) is 3. The van der Waals surface area contributed by atoms with Crippen molar-refractivity contribution in [1.29, 1.82) is 0 Å². The lowest BCUT2D eigenvalue weighted by Crippen LogP contribution is -2.49. The summed E-state index contributed by atoms with van der Waals surface area (Å²) in [6, 6.07) is 11.6. The minimum Gasteiger partial charge on any atom is -0.491 e. The van der Waals surface area contributed by atoms with Gasteiger partial charge in [0.15, 0.2) is 11.7 Å². The van der Waals surface area contributed by atoms with Gasteiger partial charge in [-0.2, -0.15) is 0 Å². The molecule has 3 N–H and O–H groups in total. The summed E-state index contributed by atoms with van der Waals surface area (Å²) in [6.07, 6.45) is 0. The van der Waals surface area contributed by atoms with Gasteiger partial charge < -0.3 is 14.2 Å². The number of rotatable bonds is 9. The van der Waals surface area contributed by atoms with Crippen LogP contribution in [0.25, 0.3) is 0 Å². The third-order valence-corrected chi connectivity index (χ3v) is 4.29. The van der Waals surface area contributed by atoms with Crippen LogP contribution in [0.5, 0.6) is 11.5 Å². The zero-order chi connectivity index (χ0) is 22.6. The number of halogens is 1. The van der Waals surface area contributed by atoms with Crippen molar-refractivity contribution in [2.24, 2.45) is 0 Å². The topological polar surface area (TPSA) is 97.9 Å². The van der Waals surface area contributed by atoms with Crippen molar-refractivity contribution in [3.05, 3.63) is 58.6 Å². The van der Waals surface area contributed by atoms with E-state index < -0.39 is 11.8 Å². The second kappa shape index (κ2) is 12.7. The summed E-state index contributed by atoms with van der Waals surface area (Å²) in [5.74, 6) is 0.265. The molecule has 2 amide bonds. The predicted molar refractivity (Wildman–Crippen MR) is 121 cm³/mol. The lowest BCUT2D eigenvalue weighted by molar-refractivity contribution is -0.123. The van der Waals surface area contributed by atoms with E-state index in [1.807, 2.05) is 13.8 Å². The SMILES string of the molecule is CCOCCOc1ccc(C(=O)NC(=S)NNC(=O)COc2ccc(Cl)cc2C)cc1. The first-order valence-corrected chi connectivity index (χ1v) is 10.3. The van der Waals surface area contributed by atoms with Crippen LogP contribution in [0.4, 0.5) is 0 Å². The van der Waals surface area contributed by atoms with Gasteiger partial charge in [0.05, 0.1) is 6.61 Å². The molecule has 0 aromatic heterocycles. The van der Waals surface area contributed by atoms with Crippen molar-refractivity contribution in [1.82, 2.24) is 16.2 Å². The van der Waals surface area contributed by atoms with E-state index in [1.54, 1.807) is 42.5 Å². The van der Waals surface area contributed by atoms with Gasteiger partial charge in [-0.25, -0.2) is 0 Å². The van der Waals surface area contributed by atoms with Gasteiger partial charge in [-0.1, -0.05) is 11.6 Å². The quantitative estimate of drug-likeness (QED) is 0.297. The number of hydrogen-bond acceptors (Lipinski definition) is 6. The maximum atomic E-state index is 12.2. The van der Waals surface area contributed by atoms with Crippen molar-refractivity contribution < 1.29 is 23.8 Å². The number of benzene rings is 2. The van der Waals surface area contributed by atoms with Crippen LogP contribution < -0.4 is 25.6 Å². The van der Waals surface area contributed by atoms with Gasteiger partial charge in [0.1, 0.15) is 18.1 Å². The van der Waals surface area contributed by atoms with Gasteiger partial charge in [-0.15, -0.1) is 0 Å². The highest BCUT2D eigenvalue weighted by Gasteiger charge is 2.10. The molecule has 8 nitrogen and oxygen atoms in total. The predicted octanol–water partition coefficient (Wildman–Crippen LogP) is 2.78. The highest BCUT2D eigenvalue weighted by Crippen LogP contribution is 2.21. The lowest BCUT2D eigenvalue weighted by Gasteiger charge is -2.12. The molecule has 0 fully saturated rings. The first kappa shape index (κ1) is 24.4. The van der Waals surface area contributed by atoms with E-state index in [2.05, 4.69) is 16.2 Å². The second-order valence-electron chi connectivity index (χ2n) is 6.22. The van der Waals surface area contributed by atoms with E-state index in [1.165, 1.54) is 0 Å². The van der Waals surface area contributed by atoms with Gasteiger partial charge in [0.25, 0.3) is 11.8 Å². The zero-order valence-electron chi connectivity index (χ0n) is 17.2. The van der Waals surface area contributed by atoms with Crippen molar-refractivity contribution >= 4 is 40.7 Å². The molecule has 0 aliphatic heterocycles. The summed E-state index contributed by atoms with van der Waals surface area (Å²) < 4.78 is 16.1. The number of thiocarbonyl (C=S) groups is 1. The molecular weight excluding hydrogens is 442 g/mol. The smallest absolute Gasteiger partial charge is 0.276 e. The Morgan fingerprint density at radius 1 is 1.03 bits per heavy atom. The molecule has 0 spiro atoms. The fraction of sp³-hybridized carbons (Fsp3) is 0.286. The van der Waals surface area contributed by atoms with Gasteiger partial charge in [0, 0.05) is 17.2 Å². The molecule has 0 bridgehead atoms. The van der Waals surface area contributed by atoms with Crippen LogP contribution in [0.3, 0.4) is 0 Å². The Kier molecular flexibility index (Phi) is 10.0. The Labute approximate surface area is 191 Å². The number of carbonyl (C=O) groups excluding carboxylic acids is 2. The average molecular weight is 466 g/mol. The summed E-state index contributed by atoms with van der Waals surface area (Å²) in [5, 5.41) is 3.00. The minimum atomic E-state index is -0.473. The molecule has 0 saturated heterocycles. The molecular formula is C21H24ClN3O5S. The molecule has 0 heterocycles. The van der Waals surface area contributed by atoms with Gasteiger partial charge in [-0.3, -0.25) is 25.8 Å². The maximum Gasteiger partial charge on any atom is 0.276 e. The number of hydrogen-bond donors (Lipinski definition) is 3. The summed E-state index contributed by atoms with van der Waals surface area (Å²) in [5.41, 5.74) is 6.00. The highest BCUT2D eigenvalue weighted by molar-refractivity contribution is 7.80. The molecule has 0 atom stereocenters. The van der Waals surface area contributed by atoms with Crippen LogP contribution in [-0.2, 0) is 9.53 Å². The molecule has 2 aromatic carbocycles. The maximum absolute atomic E-state index is 12.2.